The van der Waals surface area contributed by atoms with Gasteiger partial charge in [-0.05, 0) is 61.6 Å². The first-order chi connectivity index (χ1) is 17.8. The molecular formula is C27H30N6O4. The van der Waals surface area contributed by atoms with Gasteiger partial charge in [0.1, 0.15) is 6.04 Å². The number of benzene rings is 2. The second kappa shape index (κ2) is 11.1. The number of nitrogens with zero attached hydrogens (tertiary/aromatic N) is 4. The SMILES string of the molecule is CNC(=O)c1ccc2c(C)cn(C(C)C(=O)Nc3cc(Cn4nccn4)ccc3CCCC(=O)O)c2c1. The van der Waals surface area contributed by atoms with Gasteiger partial charge in [-0.15, -0.1) is 0 Å². The fraction of sp³-hybridized carbons (Fsp3) is 0.296. The van der Waals surface area contributed by atoms with Crippen LogP contribution in [-0.2, 0) is 22.6 Å². The smallest absolute Gasteiger partial charge is 0.303 e. The zero-order chi connectivity index (χ0) is 26.5. The molecule has 0 aliphatic carbocycles. The van der Waals surface area contributed by atoms with Crippen molar-refractivity contribution in [2.24, 2.45) is 0 Å². The number of hydrogen-bond donors (Lipinski definition) is 3. The molecule has 0 spiro atoms. The van der Waals surface area contributed by atoms with Gasteiger partial charge in [-0.3, -0.25) is 14.4 Å². The van der Waals surface area contributed by atoms with Crippen molar-refractivity contribution in [3.63, 3.8) is 0 Å². The third kappa shape index (κ3) is 5.85. The molecule has 1 atom stereocenters. The van der Waals surface area contributed by atoms with Crippen LogP contribution in [0.4, 0.5) is 5.69 Å². The van der Waals surface area contributed by atoms with Crippen LogP contribution in [-0.4, -0.2) is 49.5 Å². The minimum atomic E-state index is -0.855. The lowest BCUT2D eigenvalue weighted by atomic mass is 10.0. The maximum absolute atomic E-state index is 13.5. The van der Waals surface area contributed by atoms with Crippen LogP contribution in [0.25, 0.3) is 10.9 Å². The summed E-state index contributed by atoms with van der Waals surface area (Å²) in [5.41, 5.74) is 4.70. The van der Waals surface area contributed by atoms with Crippen molar-refractivity contribution in [1.29, 1.82) is 0 Å². The van der Waals surface area contributed by atoms with Crippen LogP contribution in [0.3, 0.4) is 0 Å². The fourth-order valence-corrected chi connectivity index (χ4v) is 4.37. The Balaban J connectivity index is 1.62. The van der Waals surface area contributed by atoms with E-state index >= 15 is 0 Å². The highest BCUT2D eigenvalue weighted by molar-refractivity contribution is 6.00. The molecule has 2 aromatic heterocycles. The summed E-state index contributed by atoms with van der Waals surface area (Å²) in [7, 11) is 1.58. The highest BCUT2D eigenvalue weighted by atomic mass is 16.4. The largest absolute Gasteiger partial charge is 0.481 e. The second-order valence-electron chi connectivity index (χ2n) is 8.99. The van der Waals surface area contributed by atoms with E-state index in [1.807, 2.05) is 48.9 Å². The molecule has 2 aromatic carbocycles. The topological polar surface area (TPSA) is 131 Å². The monoisotopic (exact) mass is 502 g/mol. The molecule has 2 heterocycles. The van der Waals surface area contributed by atoms with Crippen molar-refractivity contribution < 1.29 is 19.5 Å². The normalized spacial score (nSPS) is 11.9. The highest BCUT2D eigenvalue weighted by Gasteiger charge is 2.20. The lowest BCUT2D eigenvalue weighted by Gasteiger charge is -2.18. The van der Waals surface area contributed by atoms with E-state index < -0.39 is 12.0 Å². The molecule has 192 valence electrons. The molecule has 0 saturated heterocycles. The van der Waals surface area contributed by atoms with Crippen LogP contribution >= 0.6 is 0 Å². The van der Waals surface area contributed by atoms with Crippen LogP contribution in [0.15, 0.2) is 55.0 Å². The Morgan fingerprint density at radius 1 is 1.08 bits per heavy atom. The molecular weight excluding hydrogens is 472 g/mol. The molecule has 10 nitrogen and oxygen atoms in total. The van der Waals surface area contributed by atoms with Crippen LogP contribution < -0.4 is 10.6 Å². The first-order valence-corrected chi connectivity index (χ1v) is 12.1. The number of anilines is 1. The Morgan fingerprint density at radius 2 is 1.84 bits per heavy atom. The number of aliphatic carboxylic acids is 1. The maximum Gasteiger partial charge on any atom is 0.303 e. The predicted molar refractivity (Wildman–Crippen MR) is 140 cm³/mol. The van der Waals surface area contributed by atoms with Crippen molar-refractivity contribution in [2.45, 2.75) is 45.7 Å². The second-order valence-corrected chi connectivity index (χ2v) is 8.99. The van der Waals surface area contributed by atoms with Crippen LogP contribution in [0, 0.1) is 6.92 Å². The fourth-order valence-electron chi connectivity index (χ4n) is 4.37. The molecule has 0 aliphatic heterocycles. The van der Waals surface area contributed by atoms with Gasteiger partial charge < -0.3 is 20.3 Å². The van der Waals surface area contributed by atoms with E-state index in [4.69, 9.17) is 5.11 Å². The Hall–Kier alpha value is -4.47. The van der Waals surface area contributed by atoms with Crippen LogP contribution in [0.2, 0.25) is 0 Å². The Labute approximate surface area is 214 Å². The van der Waals surface area contributed by atoms with Crippen molar-refractivity contribution >= 4 is 34.4 Å². The summed E-state index contributed by atoms with van der Waals surface area (Å²) in [4.78, 5) is 38.2. The number of amides is 2. The van der Waals surface area contributed by atoms with E-state index in [2.05, 4.69) is 20.8 Å². The number of carbonyl (C=O) groups is 3. The molecule has 0 saturated carbocycles. The van der Waals surface area contributed by atoms with Gasteiger partial charge in [0.25, 0.3) is 5.91 Å². The van der Waals surface area contributed by atoms with Crippen molar-refractivity contribution in [1.82, 2.24) is 24.9 Å². The number of carboxylic acids is 1. The number of hydrogen-bond acceptors (Lipinski definition) is 5. The molecule has 10 heteroatoms. The molecule has 2 amide bonds. The van der Waals surface area contributed by atoms with E-state index in [0.29, 0.717) is 30.6 Å². The van der Waals surface area contributed by atoms with Gasteiger partial charge in [0, 0.05) is 41.8 Å². The van der Waals surface area contributed by atoms with Gasteiger partial charge in [-0.2, -0.15) is 15.0 Å². The number of aryl methyl sites for hydroxylation is 2. The third-order valence-electron chi connectivity index (χ3n) is 6.38. The number of aromatic nitrogens is 4. The molecule has 4 aromatic rings. The zero-order valence-corrected chi connectivity index (χ0v) is 21.1. The molecule has 0 fully saturated rings. The van der Waals surface area contributed by atoms with E-state index in [-0.39, 0.29) is 18.2 Å². The van der Waals surface area contributed by atoms with Gasteiger partial charge in [0.15, 0.2) is 0 Å². The predicted octanol–water partition coefficient (Wildman–Crippen LogP) is 3.56. The number of nitrogens with one attached hydrogen (secondary N) is 2. The molecule has 0 aliphatic rings. The first kappa shape index (κ1) is 25.6. The average molecular weight is 503 g/mol. The standard InChI is InChI=1S/C27H30N6O4/c1-17-15-32(24-14-21(27(37)28-3)9-10-22(17)24)18(2)26(36)31-23-13-19(16-33-29-11-12-30-33)7-8-20(23)5-4-6-25(34)35/h7-15,18H,4-6,16H2,1-3H3,(H,28,37)(H,31,36)(H,34,35). The van der Waals surface area contributed by atoms with E-state index in [1.54, 1.807) is 36.4 Å². The number of carboxylic acid groups (broad SMARTS) is 1. The quantitative estimate of drug-likeness (QED) is 0.304. The summed E-state index contributed by atoms with van der Waals surface area (Å²) in [5.74, 6) is -1.28. The minimum Gasteiger partial charge on any atom is -0.481 e. The average Bonchev–Trinajstić information content (AvgIpc) is 3.51. The number of carbonyl (C=O) groups excluding carboxylic acids is 2. The van der Waals surface area contributed by atoms with Gasteiger partial charge in [-0.1, -0.05) is 18.2 Å². The highest BCUT2D eigenvalue weighted by Crippen LogP contribution is 2.27. The number of fused-ring (bicyclic) bond motifs is 1. The summed E-state index contributed by atoms with van der Waals surface area (Å²) in [5, 5.41) is 24.0. The van der Waals surface area contributed by atoms with Gasteiger partial charge >= 0.3 is 5.97 Å². The summed E-state index contributed by atoms with van der Waals surface area (Å²) in [6.07, 6.45) is 6.13. The van der Waals surface area contributed by atoms with E-state index in [9.17, 15) is 14.4 Å². The minimum absolute atomic E-state index is 0.0467. The lowest BCUT2D eigenvalue weighted by molar-refractivity contribution is -0.137. The first-order valence-electron chi connectivity index (χ1n) is 12.1. The molecule has 4 rings (SSSR count). The third-order valence-corrected chi connectivity index (χ3v) is 6.38. The van der Waals surface area contributed by atoms with Crippen molar-refractivity contribution in [3.05, 3.63) is 77.2 Å². The molecule has 0 radical (unpaired) electrons. The molecule has 37 heavy (non-hydrogen) atoms. The van der Waals surface area contributed by atoms with Crippen molar-refractivity contribution in [3.8, 4) is 0 Å². The van der Waals surface area contributed by atoms with Gasteiger partial charge in [-0.25, -0.2) is 0 Å². The summed E-state index contributed by atoms with van der Waals surface area (Å²) < 4.78 is 1.87. The molecule has 3 N–H and O–H groups in total. The Morgan fingerprint density at radius 3 is 2.54 bits per heavy atom. The van der Waals surface area contributed by atoms with E-state index in [1.165, 1.54) is 0 Å². The Bertz CT molecular complexity index is 1440. The molecule has 0 bridgehead atoms. The lowest BCUT2D eigenvalue weighted by Crippen LogP contribution is -2.24. The van der Waals surface area contributed by atoms with E-state index in [0.717, 1.165) is 27.6 Å². The van der Waals surface area contributed by atoms with Crippen LogP contribution in [0.5, 0.6) is 0 Å². The Kier molecular flexibility index (Phi) is 7.66. The molecule has 1 unspecified atom stereocenters. The summed E-state index contributed by atoms with van der Waals surface area (Å²) in [6.45, 7) is 4.21. The summed E-state index contributed by atoms with van der Waals surface area (Å²) >= 11 is 0. The van der Waals surface area contributed by atoms with Crippen LogP contribution in [0.1, 0.15) is 52.9 Å². The van der Waals surface area contributed by atoms with Gasteiger partial charge in [0.05, 0.1) is 18.9 Å². The number of rotatable bonds is 10. The van der Waals surface area contributed by atoms with Gasteiger partial charge in [0.2, 0.25) is 5.91 Å². The zero-order valence-electron chi connectivity index (χ0n) is 21.1. The van der Waals surface area contributed by atoms with Crippen molar-refractivity contribution in [2.75, 3.05) is 12.4 Å². The maximum atomic E-state index is 13.5. The summed E-state index contributed by atoms with van der Waals surface area (Å²) in [6, 6.07) is 10.6.